The molecule has 7 nitrogen and oxygen atoms in total. The van der Waals surface area contributed by atoms with Gasteiger partial charge in [0.1, 0.15) is 12.1 Å². The highest BCUT2D eigenvalue weighted by Gasteiger charge is 2.34. The van der Waals surface area contributed by atoms with E-state index in [2.05, 4.69) is 17.4 Å². The number of hydrogen-bond donors (Lipinski definition) is 2. The summed E-state index contributed by atoms with van der Waals surface area (Å²) in [6.07, 6.45) is 5.02. The molecule has 0 heterocycles. The van der Waals surface area contributed by atoms with Crippen LogP contribution in [0, 0.1) is 0 Å². The molecule has 3 amide bonds. The Kier molecular flexibility index (Phi) is 12.9. The molecule has 0 aromatic heterocycles. The van der Waals surface area contributed by atoms with E-state index in [-0.39, 0.29) is 24.1 Å². The lowest BCUT2D eigenvalue weighted by atomic mass is 9.98. The number of likely N-dealkylation sites (N-methyl/N-ethyl adjacent to an activating group) is 2. The van der Waals surface area contributed by atoms with Crippen molar-refractivity contribution in [3.8, 4) is 11.1 Å². The molecule has 0 saturated heterocycles. The van der Waals surface area contributed by atoms with Crippen LogP contribution in [0.4, 0.5) is 0 Å². The predicted molar refractivity (Wildman–Crippen MR) is 194 cm³/mol. The minimum absolute atomic E-state index is 0.240. The average Bonchev–Trinajstić information content (AvgIpc) is 3.09. The van der Waals surface area contributed by atoms with Crippen LogP contribution in [0.5, 0.6) is 0 Å². The van der Waals surface area contributed by atoms with Gasteiger partial charge in [0.15, 0.2) is 0 Å². The number of benzene rings is 4. The lowest BCUT2D eigenvalue weighted by molar-refractivity contribution is -0.146. The highest BCUT2D eigenvalue weighted by molar-refractivity contribution is 5.95. The number of nitrogens with zero attached hydrogens (tertiary/aromatic N) is 2. The van der Waals surface area contributed by atoms with Crippen LogP contribution in [0.3, 0.4) is 0 Å². The predicted octanol–water partition coefficient (Wildman–Crippen LogP) is 5.84. The fraction of sp³-hybridized carbons (Fsp3) is 0.293. The number of hydrogen-bond acceptors (Lipinski definition) is 4. The largest absolute Gasteiger partial charge is 0.354 e. The summed E-state index contributed by atoms with van der Waals surface area (Å²) in [7, 11) is 3.30. The lowest BCUT2D eigenvalue weighted by Gasteiger charge is -2.34. The van der Waals surface area contributed by atoms with Crippen LogP contribution in [-0.4, -0.2) is 65.8 Å². The Hall–Kier alpha value is -5.01. The van der Waals surface area contributed by atoms with Gasteiger partial charge >= 0.3 is 0 Å². The topological polar surface area (TPSA) is 95.7 Å². The second-order valence-electron chi connectivity index (χ2n) is 13.0. The van der Waals surface area contributed by atoms with Crippen molar-refractivity contribution in [2.24, 2.45) is 5.73 Å². The minimum Gasteiger partial charge on any atom is -0.354 e. The van der Waals surface area contributed by atoms with E-state index in [0.717, 1.165) is 27.8 Å². The highest BCUT2D eigenvalue weighted by Crippen LogP contribution is 2.21. The van der Waals surface area contributed by atoms with Gasteiger partial charge in [0, 0.05) is 39.0 Å². The molecule has 4 rings (SSSR count). The molecular weight excluding hydrogens is 596 g/mol. The van der Waals surface area contributed by atoms with E-state index < -0.39 is 17.6 Å². The Bertz CT molecular complexity index is 1630. The van der Waals surface area contributed by atoms with Crippen molar-refractivity contribution in [2.75, 3.05) is 20.6 Å². The third-order valence-electron chi connectivity index (χ3n) is 8.44. The summed E-state index contributed by atoms with van der Waals surface area (Å²) >= 11 is 0. The summed E-state index contributed by atoms with van der Waals surface area (Å²) in [5, 5.41) is 3.06. The zero-order valence-electron chi connectivity index (χ0n) is 28.5. The fourth-order valence-corrected chi connectivity index (χ4v) is 5.54. The highest BCUT2D eigenvalue weighted by atomic mass is 16.2. The molecule has 4 aromatic rings. The van der Waals surface area contributed by atoms with Gasteiger partial charge in [-0.15, -0.1) is 0 Å². The number of carbonyl (C=O) groups excluding carboxylic acids is 3. The van der Waals surface area contributed by atoms with Gasteiger partial charge in [-0.25, -0.2) is 0 Å². The molecule has 0 aliphatic carbocycles. The number of nitrogens with one attached hydrogen (secondary N) is 1. The van der Waals surface area contributed by atoms with E-state index in [1.54, 1.807) is 20.2 Å². The van der Waals surface area contributed by atoms with Crippen molar-refractivity contribution in [2.45, 2.75) is 57.2 Å². The molecule has 0 spiro atoms. The van der Waals surface area contributed by atoms with Crippen LogP contribution < -0.4 is 11.1 Å². The van der Waals surface area contributed by atoms with Crippen molar-refractivity contribution < 1.29 is 14.4 Å². The summed E-state index contributed by atoms with van der Waals surface area (Å²) in [5.74, 6) is -0.862. The van der Waals surface area contributed by atoms with E-state index in [0.29, 0.717) is 25.8 Å². The van der Waals surface area contributed by atoms with Gasteiger partial charge in [0.2, 0.25) is 17.7 Å². The summed E-state index contributed by atoms with van der Waals surface area (Å²) in [6, 6.07) is 36.1. The van der Waals surface area contributed by atoms with Crippen molar-refractivity contribution in [3.05, 3.63) is 144 Å². The van der Waals surface area contributed by atoms with Crippen LogP contribution in [0.2, 0.25) is 0 Å². The van der Waals surface area contributed by atoms with E-state index in [1.165, 1.54) is 15.9 Å². The molecule has 0 bridgehead atoms. The summed E-state index contributed by atoms with van der Waals surface area (Å²) in [4.78, 5) is 44.6. The average molecular weight is 645 g/mol. The first-order valence-electron chi connectivity index (χ1n) is 16.5. The second kappa shape index (κ2) is 17.2. The third-order valence-corrected chi connectivity index (χ3v) is 8.44. The summed E-state index contributed by atoms with van der Waals surface area (Å²) < 4.78 is 0. The van der Waals surface area contributed by atoms with Crippen LogP contribution in [0.25, 0.3) is 11.1 Å². The Morgan fingerprint density at radius 2 is 1.19 bits per heavy atom. The molecule has 0 saturated carbocycles. The van der Waals surface area contributed by atoms with Gasteiger partial charge in [0.05, 0.1) is 0 Å². The molecule has 250 valence electrons. The number of nitrogens with two attached hydrogens (primary N) is 1. The lowest BCUT2D eigenvalue weighted by Crippen LogP contribution is -2.56. The van der Waals surface area contributed by atoms with Gasteiger partial charge in [-0.05, 0) is 60.6 Å². The first kappa shape index (κ1) is 35.8. The van der Waals surface area contributed by atoms with E-state index >= 15 is 0 Å². The van der Waals surface area contributed by atoms with Gasteiger partial charge in [-0.2, -0.15) is 0 Å². The normalized spacial score (nSPS) is 12.7. The quantitative estimate of drug-likeness (QED) is 0.159. The zero-order valence-corrected chi connectivity index (χ0v) is 28.5. The molecule has 3 N–H and O–H groups in total. The zero-order chi connectivity index (χ0) is 34.5. The first-order valence-corrected chi connectivity index (χ1v) is 16.5. The maximum atomic E-state index is 14.5. The molecular formula is C41H48N4O3. The SMILES string of the molecule is CN(C(=O)C=CCC(C)(C)N)[C@H](Cc1ccc(-c2ccccc2)cc1)C(=O)N(C)[C@H](Cc1ccccc1)C(=O)NCCc1ccccc1. The second-order valence-corrected chi connectivity index (χ2v) is 13.0. The van der Waals surface area contributed by atoms with Gasteiger partial charge in [-0.1, -0.05) is 121 Å². The Balaban J connectivity index is 1.59. The summed E-state index contributed by atoms with van der Waals surface area (Å²) in [5.41, 5.74) is 10.8. The van der Waals surface area contributed by atoms with E-state index in [9.17, 15) is 14.4 Å². The van der Waals surface area contributed by atoms with E-state index in [1.807, 2.05) is 117 Å². The summed E-state index contributed by atoms with van der Waals surface area (Å²) in [6.45, 7) is 4.22. The molecule has 0 unspecified atom stereocenters. The van der Waals surface area contributed by atoms with Gasteiger partial charge in [0.25, 0.3) is 0 Å². The van der Waals surface area contributed by atoms with E-state index in [4.69, 9.17) is 5.73 Å². The van der Waals surface area contributed by atoms with Crippen molar-refractivity contribution >= 4 is 17.7 Å². The Morgan fingerprint density at radius 1 is 0.688 bits per heavy atom. The van der Waals surface area contributed by atoms with Gasteiger partial charge in [-0.3, -0.25) is 14.4 Å². The third kappa shape index (κ3) is 10.8. The van der Waals surface area contributed by atoms with Crippen molar-refractivity contribution in [3.63, 3.8) is 0 Å². The Morgan fingerprint density at radius 3 is 1.77 bits per heavy atom. The molecule has 4 aromatic carbocycles. The fourth-order valence-electron chi connectivity index (χ4n) is 5.54. The van der Waals surface area contributed by atoms with Crippen LogP contribution in [0.15, 0.2) is 127 Å². The maximum Gasteiger partial charge on any atom is 0.246 e. The van der Waals surface area contributed by atoms with Crippen molar-refractivity contribution in [1.82, 2.24) is 15.1 Å². The van der Waals surface area contributed by atoms with Gasteiger partial charge < -0.3 is 20.9 Å². The molecule has 48 heavy (non-hydrogen) atoms. The standard InChI is InChI=1S/C41H48N4O3/c1-41(2,42)27-14-21-38(46)44(3)37(30-33-22-24-35(25-23-33)34-19-12-7-13-20-34)40(48)45(4)36(29-32-17-10-6-11-18-32)39(47)43-28-26-31-15-8-5-9-16-31/h5-25,36-37H,26-30,42H2,1-4H3,(H,43,47)/t36-,37-/m1/s1. The maximum absolute atomic E-state index is 14.5. The van der Waals surface area contributed by atoms with Crippen molar-refractivity contribution in [1.29, 1.82) is 0 Å². The first-order chi connectivity index (χ1) is 23.0. The molecule has 0 radical (unpaired) electrons. The smallest absolute Gasteiger partial charge is 0.246 e. The molecule has 7 heteroatoms. The minimum atomic E-state index is -0.851. The van der Waals surface area contributed by atoms with Crippen LogP contribution in [0.1, 0.15) is 37.0 Å². The molecule has 0 aliphatic rings. The number of rotatable bonds is 15. The van der Waals surface area contributed by atoms with Crippen LogP contribution in [-0.2, 0) is 33.6 Å². The monoisotopic (exact) mass is 644 g/mol. The molecule has 2 atom stereocenters. The number of amides is 3. The number of carbonyl (C=O) groups is 3. The Labute approximate surface area is 285 Å². The molecule has 0 aliphatic heterocycles. The molecule has 0 fully saturated rings. The van der Waals surface area contributed by atoms with Crippen LogP contribution >= 0.6 is 0 Å².